The lowest BCUT2D eigenvalue weighted by molar-refractivity contribution is 0.00398. The zero-order valence-corrected chi connectivity index (χ0v) is 11.8. The first kappa shape index (κ1) is 13.7. The molecule has 0 radical (unpaired) electrons. The fraction of sp³-hybridized carbons (Fsp3) is 0.538. The molecule has 1 fully saturated rings. The number of aromatic carboxylic acids is 1. The van der Waals surface area contributed by atoms with E-state index in [1.807, 2.05) is 0 Å². The van der Waals surface area contributed by atoms with E-state index < -0.39 is 5.97 Å². The molecule has 1 N–H and O–H groups in total. The van der Waals surface area contributed by atoms with Crippen LogP contribution in [0.3, 0.4) is 0 Å². The number of nitrogens with zero attached hydrogens (tertiary/aromatic N) is 5. The Kier molecular flexibility index (Phi) is 3.70. The molecule has 1 saturated heterocycles. The van der Waals surface area contributed by atoms with Gasteiger partial charge in [0, 0.05) is 25.4 Å². The number of carbonyl (C=O) groups is 1. The molecule has 1 unspecified atom stereocenters. The van der Waals surface area contributed by atoms with Crippen molar-refractivity contribution in [2.45, 2.75) is 31.9 Å². The van der Waals surface area contributed by atoms with Crippen LogP contribution < -0.4 is 0 Å². The Morgan fingerprint density at radius 3 is 3.00 bits per heavy atom. The van der Waals surface area contributed by atoms with Gasteiger partial charge in [0.25, 0.3) is 0 Å². The molecule has 2 aromatic rings. The number of rotatable bonds is 4. The molecular formula is C13H17N5O3. The van der Waals surface area contributed by atoms with E-state index in [1.54, 1.807) is 28.8 Å². The second kappa shape index (κ2) is 5.65. The van der Waals surface area contributed by atoms with Gasteiger partial charge in [-0.1, -0.05) is 5.21 Å². The number of ether oxygens (including phenoxy) is 1. The number of hydrogen-bond donors (Lipinski definition) is 1. The van der Waals surface area contributed by atoms with Crippen LogP contribution in [-0.4, -0.2) is 48.6 Å². The summed E-state index contributed by atoms with van der Waals surface area (Å²) in [5.74, 6) is -1.09. The molecule has 3 rings (SSSR count). The fourth-order valence-corrected chi connectivity index (χ4v) is 2.56. The normalized spacial score (nSPS) is 18.8. The van der Waals surface area contributed by atoms with Gasteiger partial charge in [0.1, 0.15) is 5.69 Å². The Bertz CT molecular complexity index is 642. The van der Waals surface area contributed by atoms with Crippen molar-refractivity contribution in [3.05, 3.63) is 18.1 Å². The molecule has 112 valence electrons. The number of carboxylic acids is 1. The lowest BCUT2D eigenvalue weighted by atomic mass is 10.1. The van der Waals surface area contributed by atoms with Crippen LogP contribution in [0.5, 0.6) is 0 Å². The fourth-order valence-electron chi connectivity index (χ4n) is 2.56. The van der Waals surface area contributed by atoms with E-state index >= 15 is 0 Å². The van der Waals surface area contributed by atoms with Crippen LogP contribution >= 0.6 is 0 Å². The standard InChI is InChI=1S/C13H17N5O3/c1-17-7-9(6-14-17)12-11(13(19)20)15-16-18(12)8-10-4-2-3-5-21-10/h6-7,10H,2-5,8H2,1H3,(H,19,20). The lowest BCUT2D eigenvalue weighted by Crippen LogP contribution is -2.25. The maximum absolute atomic E-state index is 11.3. The van der Waals surface area contributed by atoms with Crippen LogP contribution in [0, 0.1) is 0 Å². The molecule has 1 atom stereocenters. The van der Waals surface area contributed by atoms with Gasteiger partial charge in [-0.2, -0.15) is 5.10 Å². The highest BCUT2D eigenvalue weighted by molar-refractivity contribution is 5.92. The third kappa shape index (κ3) is 2.80. The molecule has 0 aliphatic carbocycles. The highest BCUT2D eigenvalue weighted by atomic mass is 16.5. The summed E-state index contributed by atoms with van der Waals surface area (Å²) >= 11 is 0. The van der Waals surface area contributed by atoms with Crippen molar-refractivity contribution in [2.75, 3.05) is 6.61 Å². The van der Waals surface area contributed by atoms with Crippen LogP contribution in [0.25, 0.3) is 11.3 Å². The van der Waals surface area contributed by atoms with Gasteiger partial charge < -0.3 is 9.84 Å². The zero-order chi connectivity index (χ0) is 14.8. The van der Waals surface area contributed by atoms with Crippen LogP contribution in [-0.2, 0) is 18.3 Å². The Hall–Kier alpha value is -2.22. The van der Waals surface area contributed by atoms with Crippen molar-refractivity contribution in [2.24, 2.45) is 7.05 Å². The third-order valence-electron chi connectivity index (χ3n) is 3.57. The Balaban J connectivity index is 1.94. The van der Waals surface area contributed by atoms with Crippen molar-refractivity contribution in [1.29, 1.82) is 0 Å². The van der Waals surface area contributed by atoms with E-state index in [4.69, 9.17) is 4.74 Å². The predicted octanol–water partition coefficient (Wildman–Crippen LogP) is 0.946. The molecular weight excluding hydrogens is 274 g/mol. The van der Waals surface area contributed by atoms with E-state index in [9.17, 15) is 9.90 Å². The summed E-state index contributed by atoms with van der Waals surface area (Å²) in [5, 5.41) is 21.1. The van der Waals surface area contributed by atoms with Crippen LogP contribution in [0.2, 0.25) is 0 Å². The smallest absolute Gasteiger partial charge is 0.358 e. The van der Waals surface area contributed by atoms with E-state index in [2.05, 4.69) is 15.4 Å². The molecule has 0 aromatic carbocycles. The summed E-state index contributed by atoms with van der Waals surface area (Å²) in [6.45, 7) is 1.25. The zero-order valence-electron chi connectivity index (χ0n) is 11.8. The monoisotopic (exact) mass is 291 g/mol. The quantitative estimate of drug-likeness (QED) is 0.901. The third-order valence-corrected chi connectivity index (χ3v) is 3.57. The maximum atomic E-state index is 11.3. The molecule has 0 spiro atoms. The number of aromatic nitrogens is 5. The molecule has 0 amide bonds. The van der Waals surface area contributed by atoms with Gasteiger partial charge in [0.2, 0.25) is 0 Å². The van der Waals surface area contributed by atoms with Crippen molar-refractivity contribution >= 4 is 5.97 Å². The summed E-state index contributed by atoms with van der Waals surface area (Å²) in [4.78, 5) is 11.3. The van der Waals surface area contributed by atoms with Gasteiger partial charge in [-0.15, -0.1) is 5.10 Å². The minimum atomic E-state index is -1.09. The topological polar surface area (TPSA) is 95.1 Å². The second-order valence-corrected chi connectivity index (χ2v) is 5.17. The summed E-state index contributed by atoms with van der Waals surface area (Å²) in [5.41, 5.74) is 1.11. The van der Waals surface area contributed by atoms with Crippen molar-refractivity contribution in [3.63, 3.8) is 0 Å². The SMILES string of the molecule is Cn1cc(-c2c(C(=O)O)nnn2CC2CCCCO2)cn1. The van der Waals surface area contributed by atoms with Crippen molar-refractivity contribution in [3.8, 4) is 11.3 Å². The summed E-state index contributed by atoms with van der Waals surface area (Å²) in [7, 11) is 1.78. The minimum Gasteiger partial charge on any atom is -0.476 e. The summed E-state index contributed by atoms with van der Waals surface area (Å²) in [6, 6.07) is 0. The molecule has 3 heterocycles. The van der Waals surface area contributed by atoms with E-state index in [1.165, 1.54) is 0 Å². The number of aryl methyl sites for hydroxylation is 1. The highest BCUT2D eigenvalue weighted by Crippen LogP contribution is 2.23. The van der Waals surface area contributed by atoms with Crippen LogP contribution in [0.4, 0.5) is 0 Å². The first-order valence-corrected chi connectivity index (χ1v) is 6.92. The first-order valence-electron chi connectivity index (χ1n) is 6.92. The lowest BCUT2D eigenvalue weighted by Gasteiger charge is -2.22. The average Bonchev–Trinajstić information content (AvgIpc) is 3.06. The molecule has 8 nitrogen and oxygen atoms in total. The summed E-state index contributed by atoms with van der Waals surface area (Å²) in [6.07, 6.45) is 6.57. The first-order chi connectivity index (χ1) is 10.1. The number of hydrogen-bond acceptors (Lipinski definition) is 5. The van der Waals surface area contributed by atoms with Gasteiger partial charge in [0.05, 0.1) is 18.8 Å². The van der Waals surface area contributed by atoms with E-state index in [0.717, 1.165) is 25.9 Å². The van der Waals surface area contributed by atoms with Gasteiger partial charge >= 0.3 is 5.97 Å². The molecule has 2 aromatic heterocycles. The largest absolute Gasteiger partial charge is 0.476 e. The van der Waals surface area contributed by atoms with E-state index in [-0.39, 0.29) is 11.8 Å². The van der Waals surface area contributed by atoms with Gasteiger partial charge in [-0.3, -0.25) is 4.68 Å². The number of carboxylic acid groups (broad SMARTS) is 1. The Morgan fingerprint density at radius 2 is 2.38 bits per heavy atom. The predicted molar refractivity (Wildman–Crippen MR) is 72.8 cm³/mol. The molecule has 1 aliphatic heterocycles. The van der Waals surface area contributed by atoms with Crippen molar-refractivity contribution < 1.29 is 14.6 Å². The molecule has 8 heteroatoms. The van der Waals surface area contributed by atoms with Crippen LogP contribution in [0.15, 0.2) is 12.4 Å². The molecule has 0 saturated carbocycles. The Morgan fingerprint density at radius 1 is 1.52 bits per heavy atom. The van der Waals surface area contributed by atoms with Gasteiger partial charge in [-0.25, -0.2) is 9.48 Å². The molecule has 21 heavy (non-hydrogen) atoms. The molecule has 0 bridgehead atoms. The van der Waals surface area contributed by atoms with Gasteiger partial charge in [-0.05, 0) is 19.3 Å². The van der Waals surface area contributed by atoms with Crippen LogP contribution in [0.1, 0.15) is 29.8 Å². The van der Waals surface area contributed by atoms with Crippen molar-refractivity contribution in [1.82, 2.24) is 24.8 Å². The van der Waals surface area contributed by atoms with Gasteiger partial charge in [0.15, 0.2) is 5.69 Å². The summed E-state index contributed by atoms with van der Waals surface area (Å²) < 4.78 is 8.92. The average molecular weight is 291 g/mol. The maximum Gasteiger partial charge on any atom is 0.358 e. The minimum absolute atomic E-state index is 0.0533. The molecule has 1 aliphatic rings. The Labute approximate surface area is 121 Å². The highest BCUT2D eigenvalue weighted by Gasteiger charge is 2.24. The van der Waals surface area contributed by atoms with E-state index in [0.29, 0.717) is 17.8 Å². The second-order valence-electron chi connectivity index (χ2n) is 5.17.